The van der Waals surface area contributed by atoms with Crippen LogP contribution < -0.4 is 0 Å². The number of halogens is 2. The Balaban J connectivity index is -0.000000118. The van der Waals surface area contributed by atoms with Crippen LogP contribution in [0, 0.1) is 31.7 Å². The normalized spacial score (nSPS) is 10.5. The molecule has 0 amide bonds. The molecule has 0 nitrogen and oxygen atoms in total. The molecule has 0 unspecified atom stereocenters. The Morgan fingerprint density at radius 3 is 0.962 bits per heavy atom. The Morgan fingerprint density at radius 2 is 0.885 bits per heavy atom. The molecule has 0 spiro atoms. The maximum absolute atomic E-state index is 2.99. The molecule has 2 aromatic rings. The van der Waals surface area contributed by atoms with E-state index in [0.717, 1.165) is 12.8 Å². The average Bonchev–Trinajstić information content (AvgIpc) is 3.37. The van der Waals surface area contributed by atoms with E-state index in [0.29, 0.717) is 0 Å². The first-order chi connectivity index (χ1) is 11.0. The van der Waals surface area contributed by atoms with Gasteiger partial charge in [-0.3, -0.25) is 12.2 Å². The van der Waals surface area contributed by atoms with E-state index < -0.39 is 0 Å². The minimum atomic E-state index is 0. The quantitative estimate of drug-likeness (QED) is 0.248. The van der Waals surface area contributed by atoms with E-state index in [1.54, 1.807) is 0 Å². The van der Waals surface area contributed by atoms with Crippen molar-refractivity contribution in [3.63, 3.8) is 0 Å². The minimum absolute atomic E-state index is 0. The van der Waals surface area contributed by atoms with Crippen molar-refractivity contribution < 1.29 is 25.8 Å². The molecule has 0 aromatic heterocycles. The fraction of sp³-hybridized carbons (Fsp3) is 0.0870. The molecule has 0 fully saturated rings. The number of benzene rings is 2. The summed E-state index contributed by atoms with van der Waals surface area (Å²) in [7, 11) is 0. The van der Waals surface area contributed by atoms with Crippen LogP contribution in [0.5, 0.6) is 0 Å². The van der Waals surface area contributed by atoms with E-state index in [1.807, 2.05) is 85.0 Å². The Labute approximate surface area is 191 Å². The smallest absolute Gasteiger partial charge is 0 e. The van der Waals surface area contributed by atoms with Crippen LogP contribution in [-0.4, -0.2) is 0 Å². The molecule has 0 atom stereocenters. The third-order valence-electron chi connectivity index (χ3n) is 2.39. The predicted molar refractivity (Wildman–Crippen MR) is 115 cm³/mol. The van der Waals surface area contributed by atoms with Crippen molar-refractivity contribution >= 4 is 24.8 Å². The molecule has 0 bridgehead atoms. The first-order valence-corrected chi connectivity index (χ1v) is 7.26. The van der Waals surface area contributed by atoms with Crippen molar-refractivity contribution in [3.8, 4) is 0 Å². The Hall–Kier alpha value is -1.15. The van der Waals surface area contributed by atoms with Gasteiger partial charge in [-0.2, -0.15) is 84.9 Å². The molecular formula is C23H25Cl2Hf-5. The van der Waals surface area contributed by atoms with Gasteiger partial charge < -0.3 is 7.43 Å². The second-order valence-electron chi connectivity index (χ2n) is 4.16. The second-order valence-corrected chi connectivity index (χ2v) is 4.16. The SMILES string of the molecule is Cl.Cl.[C-]1=CC=CC1.[C-]1=CC=CC1.[CH3-].[Hf].[c-]1ccccc1.[c-]1ccccc1. The monoisotopic (exact) mass is 551 g/mol. The fourth-order valence-corrected chi connectivity index (χ4v) is 1.36. The van der Waals surface area contributed by atoms with Crippen molar-refractivity contribution in [2.45, 2.75) is 12.8 Å². The van der Waals surface area contributed by atoms with Gasteiger partial charge in [0.25, 0.3) is 0 Å². The second kappa shape index (κ2) is 28.6. The maximum Gasteiger partial charge on any atom is 0 e. The Morgan fingerprint density at radius 1 is 0.538 bits per heavy atom. The van der Waals surface area contributed by atoms with Crippen LogP contribution in [0.15, 0.2) is 97.1 Å². The van der Waals surface area contributed by atoms with Crippen LogP contribution in [0.3, 0.4) is 0 Å². The molecule has 140 valence electrons. The van der Waals surface area contributed by atoms with Gasteiger partial charge >= 0.3 is 0 Å². The summed E-state index contributed by atoms with van der Waals surface area (Å²) in [6.45, 7) is 0. The van der Waals surface area contributed by atoms with Gasteiger partial charge in [-0.05, 0) is 0 Å². The Bertz CT molecular complexity index is 434. The van der Waals surface area contributed by atoms with Gasteiger partial charge in [0, 0.05) is 25.8 Å². The summed E-state index contributed by atoms with van der Waals surface area (Å²) in [4.78, 5) is 0. The van der Waals surface area contributed by atoms with Gasteiger partial charge in [-0.15, -0.1) is 37.7 Å². The molecule has 2 aliphatic rings. The Kier molecular flexibility index (Phi) is 35.8. The zero-order chi connectivity index (χ0) is 15.6. The molecule has 0 N–H and O–H groups in total. The molecule has 3 heteroatoms. The van der Waals surface area contributed by atoms with Gasteiger partial charge in [0.15, 0.2) is 0 Å². The summed E-state index contributed by atoms with van der Waals surface area (Å²) in [5.74, 6) is 0. The molecule has 0 heterocycles. The molecule has 0 saturated heterocycles. The maximum atomic E-state index is 2.99. The molecule has 2 aliphatic carbocycles. The number of allylic oxidation sites excluding steroid dienone is 8. The van der Waals surface area contributed by atoms with E-state index in [9.17, 15) is 0 Å². The van der Waals surface area contributed by atoms with Gasteiger partial charge in [-0.1, -0.05) is 0 Å². The van der Waals surface area contributed by atoms with Crippen molar-refractivity contribution in [1.29, 1.82) is 0 Å². The van der Waals surface area contributed by atoms with Crippen LogP contribution in [0.2, 0.25) is 0 Å². The summed E-state index contributed by atoms with van der Waals surface area (Å²) < 4.78 is 0. The summed E-state index contributed by atoms with van der Waals surface area (Å²) in [5, 5.41) is 0. The number of hydrogen-bond donors (Lipinski definition) is 0. The van der Waals surface area contributed by atoms with Crippen molar-refractivity contribution in [3.05, 3.63) is 129 Å². The molecule has 2 aromatic carbocycles. The zero-order valence-electron chi connectivity index (χ0n) is 15.0. The summed E-state index contributed by atoms with van der Waals surface area (Å²) in [6, 6.07) is 25.0. The minimum Gasteiger partial charge on any atom is -0.358 e. The molecule has 4 rings (SSSR count). The van der Waals surface area contributed by atoms with Crippen molar-refractivity contribution in [1.82, 2.24) is 0 Å². The number of rotatable bonds is 0. The molecule has 26 heavy (non-hydrogen) atoms. The third-order valence-corrected chi connectivity index (χ3v) is 2.39. The first-order valence-electron chi connectivity index (χ1n) is 7.26. The standard InChI is InChI=1S/2C6H5.2C5H5.CH3.2ClH.Hf/c2*1-2-4-6-5-3-1;2*1-2-4-5-3-1;;;;/h2*1-5H;2*1-3H,4H2;1H3;2*1H;/q5*-1;;;. The largest absolute Gasteiger partial charge is 0.358 e. The number of hydrogen-bond acceptors (Lipinski definition) is 0. The summed E-state index contributed by atoms with van der Waals surface area (Å²) >= 11 is 0. The van der Waals surface area contributed by atoms with Gasteiger partial charge in [0.05, 0.1) is 0 Å². The van der Waals surface area contributed by atoms with Crippen molar-refractivity contribution in [2.75, 3.05) is 0 Å². The summed E-state index contributed by atoms with van der Waals surface area (Å²) in [6.07, 6.45) is 20.0. The van der Waals surface area contributed by atoms with Gasteiger partial charge in [0.2, 0.25) is 0 Å². The van der Waals surface area contributed by atoms with E-state index in [-0.39, 0.29) is 58.1 Å². The van der Waals surface area contributed by atoms with Crippen LogP contribution >= 0.6 is 24.8 Å². The molecule has 0 radical (unpaired) electrons. The van der Waals surface area contributed by atoms with E-state index >= 15 is 0 Å². The van der Waals surface area contributed by atoms with E-state index in [1.165, 1.54) is 0 Å². The van der Waals surface area contributed by atoms with E-state index in [2.05, 4.69) is 36.4 Å². The molecular weight excluding hydrogens is 526 g/mol. The average molecular weight is 551 g/mol. The topological polar surface area (TPSA) is 0 Å². The van der Waals surface area contributed by atoms with Crippen LogP contribution in [0.25, 0.3) is 0 Å². The zero-order valence-corrected chi connectivity index (χ0v) is 20.2. The van der Waals surface area contributed by atoms with Gasteiger partial charge in [-0.25, -0.2) is 24.3 Å². The van der Waals surface area contributed by atoms with E-state index in [4.69, 9.17) is 0 Å². The van der Waals surface area contributed by atoms with Crippen LogP contribution in [-0.2, 0) is 25.8 Å². The molecule has 0 aliphatic heterocycles. The predicted octanol–water partition coefficient (Wildman–Crippen LogP) is 6.88. The first kappa shape index (κ1) is 32.5. The van der Waals surface area contributed by atoms with Crippen LogP contribution in [0.1, 0.15) is 12.8 Å². The van der Waals surface area contributed by atoms with Gasteiger partial charge in [0.1, 0.15) is 0 Å². The third kappa shape index (κ3) is 25.1. The van der Waals surface area contributed by atoms with Crippen molar-refractivity contribution in [2.24, 2.45) is 0 Å². The van der Waals surface area contributed by atoms with Crippen LogP contribution in [0.4, 0.5) is 0 Å². The molecule has 0 saturated carbocycles. The fourth-order valence-electron chi connectivity index (χ4n) is 1.36. The summed E-state index contributed by atoms with van der Waals surface area (Å²) in [5.41, 5.74) is 0.